The number of hydrogen-bond acceptors (Lipinski definition) is 6. The molecule has 2 fully saturated rings. The SMILES string of the molecule is CO[C@H]1C[C@@H]2CNC[C@@H]2C[C@@H]1NC(=O)c1cnc(-c2cccnc2)nc1C.Cl.Cl. The summed E-state index contributed by atoms with van der Waals surface area (Å²) in [6, 6.07) is 3.76. The van der Waals surface area contributed by atoms with E-state index >= 15 is 0 Å². The maximum absolute atomic E-state index is 12.9. The van der Waals surface area contributed by atoms with Gasteiger partial charge >= 0.3 is 0 Å². The van der Waals surface area contributed by atoms with Crippen LogP contribution in [-0.2, 0) is 4.74 Å². The molecule has 3 heterocycles. The minimum Gasteiger partial charge on any atom is -0.379 e. The molecule has 2 aliphatic rings. The molecule has 4 atom stereocenters. The molecule has 1 saturated carbocycles. The number of ether oxygens (including phenoxy) is 1. The Hall–Kier alpha value is -1.80. The third-order valence-corrected chi connectivity index (χ3v) is 5.78. The van der Waals surface area contributed by atoms with E-state index in [0.717, 1.165) is 31.5 Å². The zero-order valence-corrected chi connectivity index (χ0v) is 18.1. The van der Waals surface area contributed by atoms with Gasteiger partial charge in [-0.1, -0.05) is 0 Å². The van der Waals surface area contributed by atoms with E-state index in [2.05, 4.69) is 25.6 Å². The van der Waals surface area contributed by atoms with Gasteiger partial charge in [0, 0.05) is 31.3 Å². The van der Waals surface area contributed by atoms with Crippen molar-refractivity contribution in [3.8, 4) is 11.4 Å². The minimum absolute atomic E-state index is 0. The highest BCUT2D eigenvalue weighted by atomic mass is 35.5. The van der Waals surface area contributed by atoms with E-state index in [1.54, 1.807) is 25.7 Å². The van der Waals surface area contributed by atoms with Crippen LogP contribution < -0.4 is 10.6 Å². The molecule has 0 aromatic carbocycles. The van der Waals surface area contributed by atoms with Crippen molar-refractivity contribution >= 4 is 30.7 Å². The van der Waals surface area contributed by atoms with Gasteiger partial charge in [-0.2, -0.15) is 0 Å². The van der Waals surface area contributed by atoms with Crippen LogP contribution in [0.2, 0.25) is 0 Å². The smallest absolute Gasteiger partial charge is 0.255 e. The van der Waals surface area contributed by atoms with Crippen molar-refractivity contribution in [3.63, 3.8) is 0 Å². The number of hydrogen-bond donors (Lipinski definition) is 2. The van der Waals surface area contributed by atoms with Crippen molar-refractivity contribution in [1.82, 2.24) is 25.6 Å². The van der Waals surface area contributed by atoms with Crippen LogP contribution in [0.3, 0.4) is 0 Å². The summed E-state index contributed by atoms with van der Waals surface area (Å²) in [6.45, 7) is 3.91. The van der Waals surface area contributed by atoms with E-state index in [0.29, 0.717) is 28.9 Å². The Morgan fingerprint density at radius 3 is 2.62 bits per heavy atom. The number of aromatic nitrogens is 3. The highest BCUT2D eigenvalue weighted by Crippen LogP contribution is 2.34. The van der Waals surface area contributed by atoms with Crippen LogP contribution in [0.4, 0.5) is 0 Å². The van der Waals surface area contributed by atoms with Crippen LogP contribution >= 0.6 is 24.8 Å². The van der Waals surface area contributed by atoms with Gasteiger partial charge in [-0.3, -0.25) is 9.78 Å². The van der Waals surface area contributed by atoms with Gasteiger partial charge in [0.2, 0.25) is 0 Å². The van der Waals surface area contributed by atoms with Crippen LogP contribution in [0.25, 0.3) is 11.4 Å². The lowest BCUT2D eigenvalue weighted by atomic mass is 9.77. The second-order valence-corrected chi connectivity index (χ2v) is 7.44. The molecule has 7 nitrogen and oxygen atoms in total. The topological polar surface area (TPSA) is 89.0 Å². The van der Waals surface area contributed by atoms with Gasteiger partial charge in [-0.25, -0.2) is 9.97 Å². The number of carbonyl (C=O) groups excluding carboxylic acids is 1. The van der Waals surface area contributed by atoms with Crippen LogP contribution in [0, 0.1) is 18.8 Å². The van der Waals surface area contributed by atoms with Crippen molar-refractivity contribution in [2.75, 3.05) is 20.2 Å². The Bertz CT molecular complexity index is 824. The first-order valence-corrected chi connectivity index (χ1v) is 9.44. The molecular formula is C20H27Cl2N5O2. The maximum atomic E-state index is 12.9. The molecule has 158 valence electrons. The quantitative estimate of drug-likeness (QED) is 0.760. The highest BCUT2D eigenvalue weighted by molar-refractivity contribution is 5.95. The van der Waals surface area contributed by atoms with E-state index in [1.165, 1.54) is 0 Å². The lowest BCUT2D eigenvalue weighted by Gasteiger charge is -2.37. The van der Waals surface area contributed by atoms with Gasteiger partial charge in [0.15, 0.2) is 5.82 Å². The number of pyridine rings is 1. The first-order valence-electron chi connectivity index (χ1n) is 9.44. The summed E-state index contributed by atoms with van der Waals surface area (Å²) in [6.07, 6.45) is 6.99. The van der Waals surface area contributed by atoms with Crippen LogP contribution in [0.5, 0.6) is 0 Å². The molecule has 4 rings (SSSR count). The number of rotatable bonds is 4. The summed E-state index contributed by atoms with van der Waals surface area (Å²) in [5, 5.41) is 6.62. The molecule has 0 spiro atoms. The molecule has 1 saturated heterocycles. The number of halogens is 2. The van der Waals surface area contributed by atoms with E-state index in [4.69, 9.17) is 4.74 Å². The Morgan fingerprint density at radius 2 is 1.97 bits per heavy atom. The summed E-state index contributed by atoms with van der Waals surface area (Å²) >= 11 is 0. The Kier molecular flexibility index (Phi) is 8.34. The number of amides is 1. The summed E-state index contributed by atoms with van der Waals surface area (Å²) in [7, 11) is 1.73. The third-order valence-electron chi connectivity index (χ3n) is 5.78. The first-order chi connectivity index (χ1) is 13.2. The molecule has 2 aromatic rings. The number of nitrogens with zero attached hydrogens (tertiary/aromatic N) is 3. The molecule has 0 radical (unpaired) electrons. The van der Waals surface area contributed by atoms with Gasteiger partial charge < -0.3 is 15.4 Å². The normalized spacial score (nSPS) is 25.3. The molecule has 0 unspecified atom stereocenters. The number of aryl methyl sites for hydroxylation is 1. The summed E-state index contributed by atoms with van der Waals surface area (Å²) in [4.78, 5) is 25.8. The number of fused-ring (bicyclic) bond motifs is 1. The molecule has 9 heteroatoms. The third kappa shape index (κ3) is 5.04. The van der Waals surface area contributed by atoms with Crippen molar-refractivity contribution in [3.05, 3.63) is 42.0 Å². The molecule has 1 aliphatic carbocycles. The fourth-order valence-electron chi connectivity index (χ4n) is 4.26. The van der Waals surface area contributed by atoms with Gasteiger partial charge in [0.05, 0.1) is 23.4 Å². The zero-order valence-electron chi connectivity index (χ0n) is 16.5. The number of nitrogens with one attached hydrogen (secondary N) is 2. The van der Waals surface area contributed by atoms with Crippen LogP contribution in [-0.4, -0.2) is 53.2 Å². The van der Waals surface area contributed by atoms with Gasteiger partial charge in [-0.05, 0) is 56.8 Å². The lowest BCUT2D eigenvalue weighted by molar-refractivity contribution is 0.0125. The Morgan fingerprint density at radius 1 is 1.21 bits per heavy atom. The molecule has 2 aromatic heterocycles. The first kappa shape index (κ1) is 23.5. The predicted octanol–water partition coefficient (Wildman–Crippen LogP) is 2.43. The highest BCUT2D eigenvalue weighted by Gasteiger charge is 2.40. The van der Waals surface area contributed by atoms with Gasteiger partial charge in [0.25, 0.3) is 5.91 Å². The van der Waals surface area contributed by atoms with E-state index < -0.39 is 0 Å². The summed E-state index contributed by atoms with van der Waals surface area (Å²) in [5.74, 6) is 1.69. The van der Waals surface area contributed by atoms with Crippen molar-refractivity contribution in [2.45, 2.75) is 31.9 Å². The Balaban J connectivity index is 0.00000150. The fourth-order valence-corrected chi connectivity index (χ4v) is 4.26. The molecule has 1 amide bonds. The lowest BCUT2D eigenvalue weighted by Crippen LogP contribution is -2.50. The van der Waals surface area contributed by atoms with Gasteiger partial charge in [-0.15, -0.1) is 24.8 Å². The largest absolute Gasteiger partial charge is 0.379 e. The summed E-state index contributed by atoms with van der Waals surface area (Å²) in [5.41, 5.74) is 2.00. The van der Waals surface area contributed by atoms with E-state index in [9.17, 15) is 4.79 Å². The second-order valence-electron chi connectivity index (χ2n) is 7.44. The summed E-state index contributed by atoms with van der Waals surface area (Å²) < 4.78 is 5.68. The minimum atomic E-state index is -0.137. The maximum Gasteiger partial charge on any atom is 0.255 e. The van der Waals surface area contributed by atoms with Crippen LogP contribution in [0.15, 0.2) is 30.7 Å². The monoisotopic (exact) mass is 439 g/mol. The number of carbonyl (C=O) groups is 1. The van der Waals surface area contributed by atoms with Crippen molar-refractivity contribution in [2.24, 2.45) is 11.8 Å². The van der Waals surface area contributed by atoms with Gasteiger partial charge in [0.1, 0.15) is 0 Å². The average molecular weight is 440 g/mol. The molecule has 29 heavy (non-hydrogen) atoms. The second kappa shape index (κ2) is 10.3. The molecule has 2 N–H and O–H groups in total. The fraction of sp³-hybridized carbons (Fsp3) is 0.500. The van der Waals surface area contributed by atoms with E-state index in [-0.39, 0.29) is 42.9 Å². The Labute approximate surface area is 183 Å². The predicted molar refractivity (Wildman–Crippen MR) is 116 cm³/mol. The standard InChI is InChI=1S/C20H25N5O2.2ClH/c1-12-16(11-23-19(24-12)13-4-3-5-21-8-13)20(26)25-17-6-14-9-22-10-15(14)7-18(17)27-2;;/h3-5,8,11,14-15,17-18,22H,6-7,9-10H2,1-2H3,(H,25,26);2*1H/t14-,15+,17-,18-;;/m0../s1. The average Bonchev–Trinajstić information content (AvgIpc) is 3.15. The molecule has 0 bridgehead atoms. The van der Waals surface area contributed by atoms with Crippen molar-refractivity contribution < 1.29 is 9.53 Å². The zero-order chi connectivity index (χ0) is 18.8. The number of methoxy groups -OCH3 is 1. The molecule has 1 aliphatic heterocycles. The molecular weight excluding hydrogens is 413 g/mol. The van der Waals surface area contributed by atoms with Crippen molar-refractivity contribution in [1.29, 1.82) is 0 Å². The van der Waals surface area contributed by atoms with Crippen LogP contribution in [0.1, 0.15) is 28.9 Å². The van der Waals surface area contributed by atoms with E-state index in [1.807, 2.05) is 19.1 Å².